The van der Waals surface area contributed by atoms with Crippen LogP contribution >= 0.6 is 0 Å². The van der Waals surface area contributed by atoms with E-state index in [1.54, 1.807) is 6.20 Å². The summed E-state index contributed by atoms with van der Waals surface area (Å²) in [5, 5.41) is 1.12. The number of fused-ring (bicyclic) bond motifs is 2. The van der Waals surface area contributed by atoms with Crippen LogP contribution in [0, 0.1) is 11.8 Å². The second kappa shape index (κ2) is 6.42. The van der Waals surface area contributed by atoms with Crippen molar-refractivity contribution in [2.45, 2.75) is 19.3 Å². The van der Waals surface area contributed by atoms with Crippen LogP contribution in [0.3, 0.4) is 0 Å². The van der Waals surface area contributed by atoms with Crippen LogP contribution in [0.1, 0.15) is 24.8 Å². The average molecular weight is 385 g/mol. The quantitative estimate of drug-likeness (QED) is 0.649. The molecule has 0 spiro atoms. The van der Waals surface area contributed by atoms with Crippen LogP contribution in [0.15, 0.2) is 70.3 Å². The Kier molecular flexibility index (Phi) is 3.81. The lowest BCUT2D eigenvalue weighted by molar-refractivity contribution is -0.750. The Bertz CT molecular complexity index is 1100. The van der Waals surface area contributed by atoms with Gasteiger partial charge in [-0.25, -0.2) is 0 Å². The third-order valence-electron chi connectivity index (χ3n) is 6.77. The zero-order valence-electron chi connectivity index (χ0n) is 16.4. The van der Waals surface area contributed by atoms with E-state index in [1.165, 1.54) is 38.9 Å². The Hall–Kier alpha value is -2.67. The molecule has 1 saturated carbocycles. The molecular weight excluding hydrogens is 360 g/mol. The summed E-state index contributed by atoms with van der Waals surface area (Å²) in [5.74, 6) is 9.00. The van der Waals surface area contributed by atoms with Crippen LogP contribution in [-0.2, 0) is 0 Å². The largest absolute Gasteiger partial charge is 0.303 e. The van der Waals surface area contributed by atoms with Gasteiger partial charge < -0.3 is 4.90 Å². The Balaban J connectivity index is 1.33. The van der Waals surface area contributed by atoms with Gasteiger partial charge in [-0.3, -0.25) is 9.98 Å². The topological polar surface area (TPSA) is 66.9 Å². The lowest BCUT2D eigenvalue weighted by atomic mass is 9.72. The number of amidine groups is 1. The van der Waals surface area contributed by atoms with E-state index < -0.39 is 0 Å². The number of hydrogen-bond donors (Lipinski definition) is 1. The number of nitrogens with two attached hydrogens (primary N) is 1. The highest BCUT2D eigenvalue weighted by Gasteiger charge is 2.48. The maximum absolute atomic E-state index is 6.88. The zero-order valence-corrected chi connectivity index (χ0v) is 16.4. The van der Waals surface area contributed by atoms with Crippen LogP contribution in [-0.4, -0.2) is 46.2 Å². The van der Waals surface area contributed by atoms with E-state index in [0.717, 1.165) is 39.6 Å². The summed E-state index contributed by atoms with van der Waals surface area (Å²) in [6.45, 7) is 3.78. The van der Waals surface area contributed by atoms with Crippen molar-refractivity contribution in [3.05, 3.63) is 65.9 Å². The molecular formula is C23H25N6+. The summed E-state index contributed by atoms with van der Waals surface area (Å²) in [6.07, 6.45) is 11.2. The first-order chi connectivity index (χ1) is 14.2. The van der Waals surface area contributed by atoms with Crippen LogP contribution in [0.4, 0.5) is 0 Å². The van der Waals surface area contributed by atoms with Gasteiger partial charge in [0, 0.05) is 24.0 Å². The fourth-order valence-corrected chi connectivity index (χ4v) is 4.95. The minimum Gasteiger partial charge on any atom is -0.303 e. The number of likely N-dealkylation sites (tertiary alicyclic amines) is 1. The van der Waals surface area contributed by atoms with Crippen molar-refractivity contribution in [3.8, 4) is 0 Å². The third-order valence-corrected chi connectivity index (χ3v) is 6.77. The molecule has 4 aliphatic rings. The highest BCUT2D eigenvalue weighted by atomic mass is 15.6. The van der Waals surface area contributed by atoms with Gasteiger partial charge in [0.1, 0.15) is 11.9 Å². The fraction of sp³-hybridized carbons (Fsp3) is 0.348. The SMILES string of the molecule is N[N+]12C=CN=CC1=C(C1CC(CN3CCC3)C1)N=C2c1ccc2cccnc2c1. The summed E-state index contributed by atoms with van der Waals surface area (Å²) < 4.78 is 0.102. The van der Waals surface area contributed by atoms with Crippen LogP contribution in [0.5, 0.6) is 0 Å². The summed E-state index contributed by atoms with van der Waals surface area (Å²) in [7, 11) is 0. The van der Waals surface area contributed by atoms with Gasteiger partial charge >= 0.3 is 0 Å². The molecule has 2 fully saturated rings. The number of allylic oxidation sites excluding steroid dienone is 2. The van der Waals surface area contributed by atoms with E-state index in [9.17, 15) is 0 Å². The molecule has 1 aromatic heterocycles. The Morgan fingerprint density at radius 3 is 2.90 bits per heavy atom. The lowest BCUT2D eigenvalue weighted by Gasteiger charge is -2.41. The zero-order chi connectivity index (χ0) is 19.4. The summed E-state index contributed by atoms with van der Waals surface area (Å²) in [4.78, 5) is 16.6. The van der Waals surface area contributed by atoms with Crippen molar-refractivity contribution >= 4 is 23.0 Å². The highest BCUT2D eigenvalue weighted by Crippen LogP contribution is 2.45. The first-order valence-corrected chi connectivity index (χ1v) is 10.5. The number of nitrogens with zero attached hydrogens (tertiary/aromatic N) is 5. The number of benzene rings is 1. The van der Waals surface area contributed by atoms with Crippen molar-refractivity contribution < 1.29 is 4.59 Å². The molecule has 1 atom stereocenters. The maximum atomic E-state index is 6.88. The van der Waals surface area contributed by atoms with Crippen molar-refractivity contribution in [3.63, 3.8) is 0 Å². The summed E-state index contributed by atoms with van der Waals surface area (Å²) in [5.41, 5.74) is 4.11. The van der Waals surface area contributed by atoms with Crippen molar-refractivity contribution in [1.29, 1.82) is 0 Å². The van der Waals surface area contributed by atoms with Gasteiger partial charge in [0.2, 0.25) is 5.70 Å². The molecule has 3 aliphatic heterocycles. The van der Waals surface area contributed by atoms with Gasteiger partial charge in [0.05, 0.1) is 23.5 Å². The minimum absolute atomic E-state index is 0.102. The number of aromatic nitrogens is 1. The van der Waals surface area contributed by atoms with E-state index in [-0.39, 0.29) is 4.59 Å². The van der Waals surface area contributed by atoms with E-state index in [0.29, 0.717) is 5.92 Å². The number of rotatable bonds is 4. The highest BCUT2D eigenvalue weighted by molar-refractivity contribution is 6.02. The summed E-state index contributed by atoms with van der Waals surface area (Å²) >= 11 is 0. The molecule has 4 heterocycles. The number of hydrogen-bond acceptors (Lipinski definition) is 5. The molecule has 2 aromatic rings. The molecule has 1 unspecified atom stereocenters. The fourth-order valence-electron chi connectivity index (χ4n) is 4.95. The first kappa shape index (κ1) is 17.2. The van der Waals surface area contributed by atoms with E-state index in [4.69, 9.17) is 10.8 Å². The number of pyridine rings is 1. The molecule has 6 heteroatoms. The molecule has 146 valence electrons. The molecule has 2 N–H and O–H groups in total. The normalized spacial score (nSPS) is 30.9. The Morgan fingerprint density at radius 1 is 1.17 bits per heavy atom. The molecule has 1 saturated heterocycles. The summed E-state index contributed by atoms with van der Waals surface area (Å²) in [6, 6.07) is 10.3. The van der Waals surface area contributed by atoms with Crippen LogP contribution in [0.25, 0.3) is 10.9 Å². The monoisotopic (exact) mass is 385 g/mol. The van der Waals surface area contributed by atoms with Gasteiger partial charge in [0.25, 0.3) is 5.84 Å². The second-order valence-corrected chi connectivity index (χ2v) is 8.66. The van der Waals surface area contributed by atoms with E-state index in [1.807, 2.05) is 24.7 Å². The lowest BCUT2D eigenvalue weighted by Crippen LogP contribution is -2.53. The average Bonchev–Trinajstić information content (AvgIpc) is 2.98. The maximum Gasteiger partial charge on any atom is 0.264 e. The first-order valence-electron chi connectivity index (χ1n) is 10.5. The van der Waals surface area contributed by atoms with Gasteiger partial charge in [0.15, 0.2) is 0 Å². The number of aliphatic imine (C=N–C) groups is 2. The Morgan fingerprint density at radius 2 is 2.07 bits per heavy atom. The molecule has 0 radical (unpaired) electrons. The van der Waals surface area contributed by atoms with Crippen molar-refractivity contribution in [2.75, 3.05) is 19.6 Å². The van der Waals surface area contributed by atoms with Gasteiger partial charge in [-0.05, 0) is 56.5 Å². The second-order valence-electron chi connectivity index (χ2n) is 8.66. The van der Waals surface area contributed by atoms with Crippen molar-refractivity contribution in [1.82, 2.24) is 9.88 Å². The molecule has 6 nitrogen and oxygen atoms in total. The number of quaternary nitrogens is 1. The Labute approximate surface area is 170 Å². The smallest absolute Gasteiger partial charge is 0.264 e. The predicted molar refractivity (Wildman–Crippen MR) is 115 cm³/mol. The van der Waals surface area contributed by atoms with Gasteiger partial charge in [-0.2, -0.15) is 10.8 Å². The molecule has 0 amide bonds. The third kappa shape index (κ3) is 2.71. The van der Waals surface area contributed by atoms with Gasteiger partial charge in [-0.1, -0.05) is 12.1 Å². The standard InChI is InChI=1S/C23H25N6/c24-29-10-7-25-14-21(29)22(19-11-16(12-19)15-28-8-2-9-28)27-23(29)18-5-4-17-3-1-6-26-20(17)13-18/h1,3-7,10,13-14,16,19H,2,8-9,11-12,15,24H2/q+1. The van der Waals surface area contributed by atoms with Crippen molar-refractivity contribution in [2.24, 2.45) is 27.7 Å². The molecule has 6 rings (SSSR count). The molecule has 29 heavy (non-hydrogen) atoms. The molecule has 1 aromatic carbocycles. The van der Waals surface area contributed by atoms with E-state index in [2.05, 4.69) is 39.1 Å². The van der Waals surface area contributed by atoms with Gasteiger partial charge in [-0.15, -0.1) is 4.59 Å². The molecule has 1 aliphatic carbocycles. The minimum atomic E-state index is 0.102. The predicted octanol–water partition coefficient (Wildman–Crippen LogP) is 3.18. The molecule has 0 bridgehead atoms. The van der Waals surface area contributed by atoms with E-state index >= 15 is 0 Å². The van der Waals surface area contributed by atoms with Crippen LogP contribution < -0.4 is 5.84 Å². The van der Waals surface area contributed by atoms with Crippen LogP contribution in [0.2, 0.25) is 0 Å².